The summed E-state index contributed by atoms with van der Waals surface area (Å²) in [4.78, 5) is 12.8. The van der Waals surface area contributed by atoms with E-state index in [0.717, 1.165) is 40.9 Å². The van der Waals surface area contributed by atoms with E-state index in [9.17, 15) is 4.79 Å². The lowest BCUT2D eigenvalue weighted by atomic mass is 10.1. The fraction of sp³-hybridized carbons (Fsp3) is 0.368. The van der Waals surface area contributed by atoms with Gasteiger partial charge in [0, 0.05) is 29.7 Å². The number of aromatic nitrogens is 2. The van der Waals surface area contributed by atoms with Crippen LogP contribution in [-0.4, -0.2) is 22.7 Å². The number of benzene rings is 1. The highest BCUT2D eigenvalue weighted by Crippen LogP contribution is 2.28. The van der Waals surface area contributed by atoms with Crippen LogP contribution >= 0.6 is 0 Å². The standard InChI is InChI=1S/C19H23N3O3/c1-5-6-13-9-15(25-21-13)11-20-19(23)18-12(2)22(3)17-8-7-14(24-4)10-16(17)18/h7-10H,5-6,11H2,1-4H3,(H,20,23). The van der Waals surface area contributed by atoms with Crippen LogP contribution in [0.15, 0.2) is 28.8 Å². The van der Waals surface area contributed by atoms with Crippen LogP contribution in [0.5, 0.6) is 5.75 Å². The molecule has 0 saturated heterocycles. The maximum Gasteiger partial charge on any atom is 0.254 e. The average Bonchev–Trinajstić information content (AvgIpc) is 3.16. The maximum absolute atomic E-state index is 12.8. The van der Waals surface area contributed by atoms with Crippen LogP contribution in [-0.2, 0) is 20.0 Å². The molecule has 2 aromatic heterocycles. The molecule has 0 aliphatic heterocycles. The van der Waals surface area contributed by atoms with Crippen molar-refractivity contribution >= 4 is 16.8 Å². The van der Waals surface area contributed by atoms with Crippen molar-refractivity contribution in [1.29, 1.82) is 0 Å². The summed E-state index contributed by atoms with van der Waals surface area (Å²) in [5.41, 5.74) is 3.47. The summed E-state index contributed by atoms with van der Waals surface area (Å²) in [6.07, 6.45) is 1.88. The molecule has 0 atom stereocenters. The third-order valence-corrected chi connectivity index (χ3v) is 4.46. The first-order valence-electron chi connectivity index (χ1n) is 8.40. The minimum Gasteiger partial charge on any atom is -0.497 e. The molecule has 0 spiro atoms. The van der Waals surface area contributed by atoms with Gasteiger partial charge in [-0.15, -0.1) is 0 Å². The van der Waals surface area contributed by atoms with E-state index in [2.05, 4.69) is 17.4 Å². The lowest BCUT2D eigenvalue weighted by molar-refractivity contribution is 0.0948. The number of rotatable bonds is 6. The minimum absolute atomic E-state index is 0.134. The summed E-state index contributed by atoms with van der Waals surface area (Å²) in [5.74, 6) is 1.25. The summed E-state index contributed by atoms with van der Waals surface area (Å²) in [6, 6.07) is 7.65. The number of nitrogens with one attached hydrogen (secondary N) is 1. The van der Waals surface area contributed by atoms with Gasteiger partial charge in [0.1, 0.15) is 5.75 Å². The zero-order valence-electron chi connectivity index (χ0n) is 15.0. The summed E-state index contributed by atoms with van der Waals surface area (Å²) in [5, 5.41) is 7.81. The molecule has 6 heteroatoms. The van der Waals surface area contributed by atoms with Crippen LogP contribution in [0.3, 0.4) is 0 Å². The van der Waals surface area contributed by atoms with Crippen molar-refractivity contribution in [3.8, 4) is 5.75 Å². The van der Waals surface area contributed by atoms with E-state index in [1.54, 1.807) is 7.11 Å². The van der Waals surface area contributed by atoms with Gasteiger partial charge in [0.25, 0.3) is 5.91 Å². The van der Waals surface area contributed by atoms with Gasteiger partial charge in [0.2, 0.25) is 0 Å². The van der Waals surface area contributed by atoms with Gasteiger partial charge in [-0.05, 0) is 31.5 Å². The van der Waals surface area contributed by atoms with Gasteiger partial charge in [-0.1, -0.05) is 18.5 Å². The second kappa shape index (κ2) is 7.01. The normalized spacial score (nSPS) is 11.0. The van der Waals surface area contributed by atoms with Crippen LogP contribution < -0.4 is 10.1 Å². The molecule has 0 saturated carbocycles. The minimum atomic E-state index is -0.134. The van der Waals surface area contributed by atoms with Crippen molar-refractivity contribution in [2.45, 2.75) is 33.2 Å². The first-order valence-corrected chi connectivity index (χ1v) is 8.40. The molecule has 132 valence electrons. The van der Waals surface area contributed by atoms with Crippen molar-refractivity contribution in [2.24, 2.45) is 7.05 Å². The van der Waals surface area contributed by atoms with E-state index in [1.165, 1.54) is 0 Å². The Morgan fingerprint density at radius 1 is 1.36 bits per heavy atom. The predicted molar refractivity (Wildman–Crippen MR) is 95.9 cm³/mol. The van der Waals surface area contributed by atoms with E-state index >= 15 is 0 Å². The van der Waals surface area contributed by atoms with Gasteiger partial charge < -0.3 is 19.1 Å². The smallest absolute Gasteiger partial charge is 0.254 e. The van der Waals surface area contributed by atoms with Crippen molar-refractivity contribution < 1.29 is 14.1 Å². The molecule has 0 bridgehead atoms. The molecule has 0 aliphatic carbocycles. The second-order valence-corrected chi connectivity index (χ2v) is 6.12. The lowest BCUT2D eigenvalue weighted by Crippen LogP contribution is -2.23. The molecule has 1 amide bonds. The van der Waals surface area contributed by atoms with Gasteiger partial charge in [0.05, 0.1) is 24.9 Å². The number of carbonyl (C=O) groups is 1. The molecule has 3 rings (SSSR count). The third-order valence-electron chi connectivity index (χ3n) is 4.46. The molecule has 1 N–H and O–H groups in total. The molecule has 3 aromatic rings. The molecule has 0 fully saturated rings. The van der Waals surface area contributed by atoms with Gasteiger partial charge in [-0.2, -0.15) is 0 Å². The first kappa shape index (κ1) is 17.1. The highest BCUT2D eigenvalue weighted by atomic mass is 16.5. The molecular weight excluding hydrogens is 318 g/mol. The number of aryl methyl sites for hydroxylation is 2. The van der Waals surface area contributed by atoms with Crippen molar-refractivity contribution in [1.82, 2.24) is 15.0 Å². The highest BCUT2D eigenvalue weighted by molar-refractivity contribution is 6.08. The van der Waals surface area contributed by atoms with E-state index in [-0.39, 0.29) is 5.91 Å². The molecule has 6 nitrogen and oxygen atoms in total. The number of fused-ring (bicyclic) bond motifs is 1. The topological polar surface area (TPSA) is 69.3 Å². The summed E-state index contributed by atoms with van der Waals surface area (Å²) in [7, 11) is 3.57. The van der Waals surface area contributed by atoms with Crippen molar-refractivity contribution in [3.05, 3.63) is 47.0 Å². The van der Waals surface area contributed by atoms with Crippen LogP contribution in [0.4, 0.5) is 0 Å². The highest BCUT2D eigenvalue weighted by Gasteiger charge is 2.19. The molecule has 0 unspecified atom stereocenters. The predicted octanol–water partition coefficient (Wildman–Crippen LogP) is 3.37. The van der Waals surface area contributed by atoms with Crippen molar-refractivity contribution in [3.63, 3.8) is 0 Å². The van der Waals surface area contributed by atoms with E-state index in [1.807, 2.05) is 42.8 Å². The number of nitrogens with zero attached hydrogens (tertiary/aromatic N) is 2. The maximum atomic E-state index is 12.8. The SMILES string of the molecule is CCCc1cc(CNC(=O)c2c(C)n(C)c3ccc(OC)cc23)on1. The zero-order valence-corrected chi connectivity index (χ0v) is 15.0. The molecule has 2 heterocycles. The number of hydrogen-bond donors (Lipinski definition) is 1. The van der Waals surface area contributed by atoms with E-state index in [0.29, 0.717) is 17.9 Å². The Bertz CT molecular complexity index is 908. The molecule has 25 heavy (non-hydrogen) atoms. The summed E-state index contributed by atoms with van der Waals surface area (Å²) < 4.78 is 12.6. The van der Waals surface area contributed by atoms with Gasteiger partial charge in [-0.25, -0.2) is 0 Å². The third kappa shape index (κ3) is 3.24. The second-order valence-electron chi connectivity index (χ2n) is 6.12. The lowest BCUT2D eigenvalue weighted by Gasteiger charge is -2.04. The van der Waals surface area contributed by atoms with Gasteiger partial charge >= 0.3 is 0 Å². The quantitative estimate of drug-likeness (QED) is 0.746. The number of amides is 1. The number of ether oxygens (including phenoxy) is 1. The fourth-order valence-corrected chi connectivity index (χ4v) is 3.03. The number of methoxy groups -OCH3 is 1. The fourth-order valence-electron chi connectivity index (χ4n) is 3.03. The largest absolute Gasteiger partial charge is 0.497 e. The average molecular weight is 341 g/mol. The summed E-state index contributed by atoms with van der Waals surface area (Å²) >= 11 is 0. The summed E-state index contributed by atoms with van der Waals surface area (Å²) in [6.45, 7) is 4.35. The molecule has 0 aliphatic rings. The van der Waals surface area contributed by atoms with E-state index < -0.39 is 0 Å². The Labute approximate surface area is 146 Å². The molecule has 1 aromatic carbocycles. The van der Waals surface area contributed by atoms with Gasteiger partial charge in [-0.3, -0.25) is 4.79 Å². The molecular formula is C19H23N3O3. The first-order chi connectivity index (χ1) is 12.0. The Kier molecular flexibility index (Phi) is 4.79. The van der Waals surface area contributed by atoms with Crippen LogP contribution in [0.2, 0.25) is 0 Å². The van der Waals surface area contributed by atoms with Crippen LogP contribution in [0.25, 0.3) is 10.9 Å². The van der Waals surface area contributed by atoms with E-state index in [4.69, 9.17) is 9.26 Å². The Morgan fingerprint density at radius 2 is 2.16 bits per heavy atom. The van der Waals surface area contributed by atoms with Crippen LogP contribution in [0, 0.1) is 6.92 Å². The number of carbonyl (C=O) groups excluding carboxylic acids is 1. The van der Waals surface area contributed by atoms with Crippen LogP contribution in [0.1, 0.15) is 40.9 Å². The monoisotopic (exact) mass is 341 g/mol. The molecule has 0 radical (unpaired) electrons. The Balaban J connectivity index is 1.84. The van der Waals surface area contributed by atoms with Crippen molar-refractivity contribution in [2.75, 3.05) is 7.11 Å². The Morgan fingerprint density at radius 3 is 2.88 bits per heavy atom. The Hall–Kier alpha value is -2.76. The number of hydrogen-bond acceptors (Lipinski definition) is 4. The zero-order chi connectivity index (χ0) is 18.0. The van der Waals surface area contributed by atoms with Gasteiger partial charge in [0.15, 0.2) is 5.76 Å².